The molecule has 3 heterocycles. The zero-order chi connectivity index (χ0) is 48.4. The van der Waals surface area contributed by atoms with Gasteiger partial charge in [-0.25, -0.2) is 4.79 Å². The number of carboxylic acid groups (broad SMARTS) is 1. The molecule has 1 unspecified atom stereocenters. The molecule has 0 aromatic heterocycles. The van der Waals surface area contributed by atoms with Crippen LogP contribution in [-0.4, -0.2) is 168 Å². The SMILES string of the molecule is C[C@@H]1O[C@@H](O[C@H]2[C@H](O)[C@@H](O)[C@H](O[C@H]3CC[C@]4(C)[C@H]5CC=C6C7CC(C)(C)CC[C@]7(C(=O)O[C@@H]7O[C@H](CO)[C@@H](O)[C@H](O)[C@H]7O)CC[C@@]6(C)[C@]5(C)CC[C@H]4C3(C)C)O[C@@H]2C(=O)O)[C@H](O)[C@H](O)[C@H]1O. The molecule has 4 saturated carbocycles. The van der Waals surface area contributed by atoms with Gasteiger partial charge in [-0.1, -0.05) is 60.1 Å². The Morgan fingerprint density at radius 2 is 1.30 bits per heavy atom. The second kappa shape index (κ2) is 17.5. The van der Waals surface area contributed by atoms with Gasteiger partial charge >= 0.3 is 11.9 Å². The average Bonchev–Trinajstić information content (AvgIpc) is 3.25. The Bertz CT molecular complexity index is 1860. The van der Waals surface area contributed by atoms with E-state index in [1.54, 1.807) is 0 Å². The Kier molecular flexibility index (Phi) is 13.4. The molecule has 18 heteroatoms. The van der Waals surface area contributed by atoms with E-state index in [-0.39, 0.29) is 39.4 Å². The van der Waals surface area contributed by atoms with Crippen molar-refractivity contribution in [3.05, 3.63) is 11.6 Å². The standard InChI is InChI=1S/C48H76O18/c1-21-28(50)30(52)33(55)39(61-21)64-36-32(54)35(57)41(65-37(36)38(58)59)63-27-12-13-45(6)25(44(27,4)5)11-14-47(8)26(45)10-9-22-23-19-43(2,3)15-17-48(23,18-16-46(22,47)7)42(60)66-40-34(56)31(53)29(51)24(20-49)62-40/h9,21,23-37,39-41,49-57H,10-20H2,1-8H3,(H,58,59)/t21-,23?,24+,25-,26+,27-,28-,29+,30+,31-,32+,33+,34+,35+,36-,37-,39-,40-,41+,45-,46+,47+,48-/m0/s1. The minimum absolute atomic E-state index is 0.0659. The molecule has 3 aliphatic heterocycles. The molecule has 7 fully saturated rings. The number of aliphatic hydroxyl groups excluding tert-OH is 9. The minimum Gasteiger partial charge on any atom is -0.479 e. The van der Waals surface area contributed by atoms with Crippen LogP contribution >= 0.6 is 0 Å². The summed E-state index contributed by atoms with van der Waals surface area (Å²) in [5.74, 6) is -1.78. The highest BCUT2D eigenvalue weighted by Gasteiger charge is 2.70. The number of rotatable bonds is 8. The molecule has 8 rings (SSSR count). The molecule has 0 spiro atoms. The van der Waals surface area contributed by atoms with Gasteiger partial charge in [0.1, 0.15) is 61.0 Å². The van der Waals surface area contributed by atoms with Crippen LogP contribution in [0.25, 0.3) is 0 Å². The zero-order valence-electron chi connectivity index (χ0n) is 39.6. The van der Waals surface area contributed by atoms with Crippen LogP contribution < -0.4 is 0 Å². The van der Waals surface area contributed by atoms with E-state index in [9.17, 15) is 60.7 Å². The quantitative estimate of drug-likeness (QED) is 0.0931. The fourth-order valence-electron chi connectivity index (χ4n) is 15.0. The number of aliphatic carboxylic acids is 1. The summed E-state index contributed by atoms with van der Waals surface area (Å²) >= 11 is 0. The first-order valence-electron chi connectivity index (χ1n) is 24.2. The maximum absolute atomic E-state index is 14.7. The predicted molar refractivity (Wildman–Crippen MR) is 229 cm³/mol. The fourth-order valence-corrected chi connectivity index (χ4v) is 15.0. The lowest BCUT2D eigenvalue weighted by Crippen LogP contribution is -2.67. The molecule has 5 aliphatic carbocycles. The van der Waals surface area contributed by atoms with Crippen molar-refractivity contribution in [2.75, 3.05) is 6.61 Å². The summed E-state index contributed by atoms with van der Waals surface area (Å²) < 4.78 is 35.2. The van der Waals surface area contributed by atoms with E-state index in [1.165, 1.54) is 12.5 Å². The summed E-state index contributed by atoms with van der Waals surface area (Å²) in [6.45, 7) is 16.7. The van der Waals surface area contributed by atoms with Crippen molar-refractivity contribution in [3.8, 4) is 0 Å². The van der Waals surface area contributed by atoms with Crippen LogP contribution in [0, 0.1) is 50.2 Å². The first-order valence-corrected chi connectivity index (χ1v) is 24.2. The van der Waals surface area contributed by atoms with Gasteiger partial charge in [0.15, 0.2) is 18.7 Å². The van der Waals surface area contributed by atoms with Crippen LogP contribution in [0.5, 0.6) is 0 Å². The number of carbonyl (C=O) groups is 2. The Morgan fingerprint density at radius 3 is 1.97 bits per heavy atom. The van der Waals surface area contributed by atoms with E-state index in [0.717, 1.165) is 44.9 Å². The van der Waals surface area contributed by atoms with E-state index in [0.29, 0.717) is 19.3 Å². The Labute approximate surface area is 386 Å². The van der Waals surface area contributed by atoms with E-state index in [4.69, 9.17) is 28.4 Å². The number of allylic oxidation sites excluding steroid dienone is 2. The van der Waals surface area contributed by atoms with Crippen molar-refractivity contribution in [1.29, 1.82) is 0 Å². The number of hydrogen-bond acceptors (Lipinski definition) is 17. The van der Waals surface area contributed by atoms with Gasteiger partial charge in [-0.05, 0) is 116 Å². The summed E-state index contributed by atoms with van der Waals surface area (Å²) in [7, 11) is 0. The third-order valence-electron chi connectivity index (χ3n) is 19.2. The van der Waals surface area contributed by atoms with Crippen molar-refractivity contribution in [2.24, 2.45) is 50.2 Å². The van der Waals surface area contributed by atoms with Crippen LogP contribution in [0.3, 0.4) is 0 Å². The molecule has 3 saturated heterocycles. The monoisotopic (exact) mass is 941 g/mol. The summed E-state index contributed by atoms with van der Waals surface area (Å²) in [6, 6.07) is 0. The van der Waals surface area contributed by atoms with Gasteiger partial charge in [0.2, 0.25) is 6.29 Å². The Morgan fingerprint density at radius 1 is 0.682 bits per heavy atom. The molecular formula is C48H76O18. The first kappa shape index (κ1) is 50.5. The number of carboxylic acids is 1. The second-order valence-electron chi connectivity index (χ2n) is 23.5. The van der Waals surface area contributed by atoms with Gasteiger partial charge in [-0.15, -0.1) is 0 Å². The molecule has 0 radical (unpaired) electrons. The van der Waals surface area contributed by atoms with E-state index in [2.05, 4.69) is 54.5 Å². The molecule has 23 atom stereocenters. The summed E-state index contributed by atoms with van der Waals surface area (Å²) in [5, 5.41) is 105. The number of fused-ring (bicyclic) bond motifs is 7. The van der Waals surface area contributed by atoms with Crippen LogP contribution in [0.2, 0.25) is 0 Å². The topological polar surface area (TPSA) is 292 Å². The highest BCUT2D eigenvalue weighted by Crippen LogP contribution is 2.76. The van der Waals surface area contributed by atoms with Crippen molar-refractivity contribution in [2.45, 2.75) is 218 Å². The van der Waals surface area contributed by atoms with Crippen LogP contribution in [0.1, 0.15) is 120 Å². The molecular weight excluding hydrogens is 865 g/mol. The molecule has 10 N–H and O–H groups in total. The van der Waals surface area contributed by atoms with Gasteiger partial charge in [0.25, 0.3) is 0 Å². The lowest BCUT2D eigenvalue weighted by Gasteiger charge is -2.71. The lowest BCUT2D eigenvalue weighted by molar-refractivity contribution is -0.361. The van der Waals surface area contributed by atoms with Gasteiger partial charge in [-0.3, -0.25) is 4.79 Å². The van der Waals surface area contributed by atoms with Crippen molar-refractivity contribution in [1.82, 2.24) is 0 Å². The smallest absolute Gasteiger partial charge is 0.335 e. The van der Waals surface area contributed by atoms with E-state index >= 15 is 0 Å². The zero-order valence-corrected chi connectivity index (χ0v) is 39.6. The Balaban J connectivity index is 1.01. The first-order chi connectivity index (χ1) is 30.7. The Hall–Kier alpha value is -1.88. The maximum Gasteiger partial charge on any atom is 0.335 e. The second-order valence-corrected chi connectivity index (χ2v) is 23.5. The fraction of sp³-hybridized carbons (Fsp3) is 0.917. The molecule has 8 aliphatic rings. The van der Waals surface area contributed by atoms with Crippen LogP contribution in [0.15, 0.2) is 11.6 Å². The van der Waals surface area contributed by atoms with E-state index < -0.39 is 128 Å². The molecule has 18 nitrogen and oxygen atoms in total. The molecule has 0 aromatic carbocycles. The van der Waals surface area contributed by atoms with Crippen LogP contribution in [-0.2, 0) is 38.0 Å². The minimum atomic E-state index is -1.85. The maximum atomic E-state index is 14.7. The number of aliphatic hydroxyl groups is 9. The lowest BCUT2D eigenvalue weighted by atomic mass is 9.33. The molecule has 376 valence electrons. The molecule has 0 aromatic rings. The summed E-state index contributed by atoms with van der Waals surface area (Å²) in [4.78, 5) is 27.2. The van der Waals surface area contributed by atoms with Crippen LogP contribution in [0.4, 0.5) is 0 Å². The van der Waals surface area contributed by atoms with Crippen molar-refractivity contribution >= 4 is 11.9 Å². The largest absolute Gasteiger partial charge is 0.479 e. The van der Waals surface area contributed by atoms with E-state index in [1.807, 2.05) is 0 Å². The highest BCUT2D eigenvalue weighted by molar-refractivity contribution is 5.79. The number of carbonyl (C=O) groups excluding carboxylic acids is 1. The summed E-state index contributed by atoms with van der Waals surface area (Å²) in [5.41, 5.74) is -0.814. The third kappa shape index (κ3) is 7.74. The third-order valence-corrected chi connectivity index (χ3v) is 19.2. The highest BCUT2D eigenvalue weighted by atomic mass is 16.7. The van der Waals surface area contributed by atoms with Gasteiger partial charge in [-0.2, -0.15) is 0 Å². The normalized spacial score (nSPS) is 53.2. The molecule has 0 bridgehead atoms. The van der Waals surface area contributed by atoms with Gasteiger partial charge in [0.05, 0.1) is 24.2 Å². The number of ether oxygens (including phenoxy) is 6. The molecule has 66 heavy (non-hydrogen) atoms. The number of esters is 1. The molecule has 0 amide bonds. The number of hydrogen-bond donors (Lipinski definition) is 10. The average molecular weight is 941 g/mol. The summed E-state index contributed by atoms with van der Waals surface area (Å²) in [6.07, 6.45) is -14.8. The van der Waals surface area contributed by atoms with Crippen molar-refractivity contribution in [3.63, 3.8) is 0 Å². The predicted octanol–water partition coefficient (Wildman–Crippen LogP) is 1.26. The van der Waals surface area contributed by atoms with Gasteiger partial charge in [0, 0.05) is 0 Å². The van der Waals surface area contributed by atoms with Crippen molar-refractivity contribution < 1.29 is 89.1 Å². The van der Waals surface area contributed by atoms with Gasteiger partial charge < -0.3 is 79.5 Å².